The number of halogens is 1. The van der Waals surface area contributed by atoms with Crippen molar-refractivity contribution in [2.24, 2.45) is 0 Å². The number of hydrogen-bond acceptors (Lipinski definition) is 4. The summed E-state index contributed by atoms with van der Waals surface area (Å²) in [5, 5.41) is 1.61. The van der Waals surface area contributed by atoms with Gasteiger partial charge in [0.25, 0.3) is 0 Å². The normalized spacial score (nSPS) is 10.8. The van der Waals surface area contributed by atoms with Crippen LogP contribution in [0.15, 0.2) is 30.5 Å². The second kappa shape index (κ2) is 6.09. The van der Waals surface area contributed by atoms with Gasteiger partial charge in [-0.15, -0.1) is 0 Å². The Morgan fingerprint density at radius 3 is 2.80 bits per heavy atom. The highest BCUT2D eigenvalue weighted by molar-refractivity contribution is 6.31. The Morgan fingerprint density at radius 2 is 2.15 bits per heavy atom. The highest BCUT2D eigenvalue weighted by Gasteiger charge is 2.17. The molecule has 0 amide bonds. The van der Waals surface area contributed by atoms with E-state index < -0.39 is 0 Å². The van der Waals surface area contributed by atoms with E-state index >= 15 is 0 Å². The lowest BCUT2D eigenvalue weighted by molar-refractivity contribution is -0.139. The number of esters is 1. The van der Waals surface area contributed by atoms with E-state index in [1.54, 1.807) is 6.20 Å². The maximum absolute atomic E-state index is 11.6. The number of pyridine rings is 1. The molecule has 0 aliphatic carbocycles. The molecule has 0 aliphatic rings. The Hall–Kier alpha value is -1.81. The van der Waals surface area contributed by atoms with Crippen LogP contribution in [0, 0.1) is 0 Å². The molecule has 0 saturated carbocycles. The molecule has 0 fully saturated rings. The van der Waals surface area contributed by atoms with Crippen LogP contribution in [0.2, 0.25) is 5.02 Å². The Balaban J connectivity index is 2.50. The third kappa shape index (κ3) is 3.02. The van der Waals surface area contributed by atoms with Gasteiger partial charge in [0, 0.05) is 28.3 Å². The van der Waals surface area contributed by atoms with Crippen molar-refractivity contribution in [2.75, 3.05) is 18.6 Å². The van der Waals surface area contributed by atoms with Crippen molar-refractivity contribution in [1.29, 1.82) is 0 Å². The fourth-order valence-electron chi connectivity index (χ4n) is 2.11. The van der Waals surface area contributed by atoms with Gasteiger partial charge in [-0.2, -0.15) is 0 Å². The van der Waals surface area contributed by atoms with E-state index in [1.165, 1.54) is 7.11 Å². The highest BCUT2D eigenvalue weighted by atomic mass is 35.5. The molecule has 0 bridgehead atoms. The lowest BCUT2D eigenvalue weighted by Crippen LogP contribution is -2.36. The second-order valence-electron chi connectivity index (χ2n) is 4.79. The number of anilines is 1. The summed E-state index contributed by atoms with van der Waals surface area (Å²) < 4.78 is 4.77. The van der Waals surface area contributed by atoms with Crippen LogP contribution in [0.3, 0.4) is 0 Å². The van der Waals surface area contributed by atoms with Crippen LogP contribution in [0.1, 0.15) is 13.8 Å². The third-order valence-corrected chi connectivity index (χ3v) is 3.38. The molecular weight excluding hydrogens is 276 g/mol. The zero-order valence-electron chi connectivity index (χ0n) is 11.8. The average Bonchev–Trinajstić information content (AvgIpc) is 2.43. The maximum Gasteiger partial charge on any atom is 0.325 e. The van der Waals surface area contributed by atoms with E-state index in [0.717, 1.165) is 16.6 Å². The monoisotopic (exact) mass is 292 g/mol. The standard InChI is InChI=1S/C15H17ClN2O2/c1-10(2)18(9-15(19)20-3)14-6-7-17-13-8-11(16)4-5-12(13)14/h4-8,10H,9H2,1-3H3. The fourth-order valence-corrected chi connectivity index (χ4v) is 2.27. The summed E-state index contributed by atoms with van der Waals surface area (Å²) in [6, 6.07) is 7.63. The third-order valence-electron chi connectivity index (χ3n) is 3.14. The van der Waals surface area contributed by atoms with Crippen LogP contribution in [0.4, 0.5) is 5.69 Å². The molecular formula is C15H17ClN2O2. The molecule has 0 saturated heterocycles. The second-order valence-corrected chi connectivity index (χ2v) is 5.23. The van der Waals surface area contributed by atoms with E-state index in [-0.39, 0.29) is 18.6 Å². The van der Waals surface area contributed by atoms with Crippen LogP contribution >= 0.6 is 11.6 Å². The summed E-state index contributed by atoms with van der Waals surface area (Å²) in [6.45, 7) is 4.27. The van der Waals surface area contributed by atoms with Gasteiger partial charge in [-0.25, -0.2) is 0 Å². The molecule has 0 N–H and O–H groups in total. The average molecular weight is 293 g/mol. The number of ether oxygens (including phenoxy) is 1. The fraction of sp³-hybridized carbons (Fsp3) is 0.333. The van der Waals surface area contributed by atoms with Crippen molar-refractivity contribution in [1.82, 2.24) is 4.98 Å². The molecule has 0 unspecified atom stereocenters. The van der Waals surface area contributed by atoms with Gasteiger partial charge in [-0.3, -0.25) is 9.78 Å². The van der Waals surface area contributed by atoms with Gasteiger partial charge in [0.05, 0.1) is 12.6 Å². The number of benzene rings is 1. The van der Waals surface area contributed by atoms with E-state index in [0.29, 0.717) is 5.02 Å². The Morgan fingerprint density at radius 1 is 1.40 bits per heavy atom. The Labute approximate surface area is 123 Å². The number of rotatable bonds is 4. The van der Waals surface area contributed by atoms with E-state index in [4.69, 9.17) is 16.3 Å². The Bertz CT molecular complexity index is 628. The quantitative estimate of drug-likeness (QED) is 0.811. The molecule has 0 spiro atoms. The van der Waals surface area contributed by atoms with Gasteiger partial charge in [-0.1, -0.05) is 11.6 Å². The smallest absolute Gasteiger partial charge is 0.325 e. The lowest BCUT2D eigenvalue weighted by Gasteiger charge is -2.28. The van der Waals surface area contributed by atoms with Crippen molar-refractivity contribution < 1.29 is 9.53 Å². The molecule has 0 radical (unpaired) electrons. The van der Waals surface area contributed by atoms with Gasteiger partial charge in [0.15, 0.2) is 0 Å². The van der Waals surface area contributed by atoms with Crippen molar-refractivity contribution in [3.63, 3.8) is 0 Å². The van der Waals surface area contributed by atoms with Crippen molar-refractivity contribution >= 4 is 34.2 Å². The molecule has 20 heavy (non-hydrogen) atoms. The SMILES string of the molecule is COC(=O)CN(c1ccnc2cc(Cl)ccc12)C(C)C. The topological polar surface area (TPSA) is 42.4 Å². The van der Waals surface area contributed by atoms with Crippen LogP contribution in [0.5, 0.6) is 0 Å². The molecule has 1 heterocycles. The molecule has 4 nitrogen and oxygen atoms in total. The van der Waals surface area contributed by atoms with Crippen molar-refractivity contribution in [3.8, 4) is 0 Å². The zero-order valence-corrected chi connectivity index (χ0v) is 12.5. The number of nitrogens with zero attached hydrogens (tertiary/aromatic N) is 2. The van der Waals surface area contributed by atoms with Gasteiger partial charge < -0.3 is 9.64 Å². The number of carbonyl (C=O) groups excluding carboxylic acids is 1. The van der Waals surface area contributed by atoms with Gasteiger partial charge in [-0.05, 0) is 38.1 Å². The molecule has 1 aromatic carbocycles. The van der Waals surface area contributed by atoms with Crippen LogP contribution in [-0.2, 0) is 9.53 Å². The minimum absolute atomic E-state index is 0.162. The largest absolute Gasteiger partial charge is 0.468 e. The summed E-state index contributed by atoms with van der Waals surface area (Å²) in [5.74, 6) is -0.266. The first-order chi connectivity index (χ1) is 9.52. The summed E-state index contributed by atoms with van der Waals surface area (Å²) in [4.78, 5) is 17.9. The molecule has 5 heteroatoms. The first-order valence-electron chi connectivity index (χ1n) is 6.40. The minimum atomic E-state index is -0.266. The van der Waals surface area contributed by atoms with Crippen molar-refractivity contribution in [2.45, 2.75) is 19.9 Å². The molecule has 0 aliphatic heterocycles. The van der Waals surface area contributed by atoms with E-state index in [9.17, 15) is 4.79 Å². The zero-order chi connectivity index (χ0) is 14.7. The van der Waals surface area contributed by atoms with Crippen LogP contribution in [0.25, 0.3) is 10.9 Å². The molecule has 1 aromatic heterocycles. The summed E-state index contributed by atoms with van der Waals surface area (Å²) in [5.41, 5.74) is 1.76. The number of fused-ring (bicyclic) bond motifs is 1. The number of carbonyl (C=O) groups is 1. The predicted octanol–water partition coefficient (Wildman–Crippen LogP) is 3.28. The van der Waals surface area contributed by atoms with Gasteiger partial charge in [0.1, 0.15) is 6.54 Å². The summed E-state index contributed by atoms with van der Waals surface area (Å²) >= 11 is 5.99. The first kappa shape index (κ1) is 14.6. The summed E-state index contributed by atoms with van der Waals surface area (Å²) in [6.07, 6.45) is 1.72. The predicted molar refractivity (Wildman–Crippen MR) is 81.3 cm³/mol. The number of methoxy groups -OCH3 is 1. The highest BCUT2D eigenvalue weighted by Crippen LogP contribution is 2.28. The lowest BCUT2D eigenvalue weighted by atomic mass is 10.1. The van der Waals surface area contributed by atoms with Crippen LogP contribution in [-0.4, -0.2) is 30.6 Å². The molecule has 106 valence electrons. The summed E-state index contributed by atoms with van der Waals surface area (Å²) in [7, 11) is 1.39. The van der Waals surface area contributed by atoms with E-state index in [2.05, 4.69) is 4.98 Å². The number of hydrogen-bond donors (Lipinski definition) is 0. The van der Waals surface area contributed by atoms with Crippen LogP contribution < -0.4 is 4.90 Å². The first-order valence-corrected chi connectivity index (χ1v) is 6.78. The van der Waals surface area contributed by atoms with E-state index in [1.807, 2.05) is 43.0 Å². The van der Waals surface area contributed by atoms with Crippen molar-refractivity contribution in [3.05, 3.63) is 35.5 Å². The van der Waals surface area contributed by atoms with Gasteiger partial charge in [0.2, 0.25) is 0 Å². The number of aromatic nitrogens is 1. The van der Waals surface area contributed by atoms with Gasteiger partial charge >= 0.3 is 5.97 Å². The molecule has 2 aromatic rings. The molecule has 0 atom stereocenters. The maximum atomic E-state index is 11.6. The minimum Gasteiger partial charge on any atom is -0.468 e. The Kier molecular flexibility index (Phi) is 4.45. The molecule has 2 rings (SSSR count).